The van der Waals surface area contributed by atoms with E-state index in [4.69, 9.17) is 12.2 Å². The lowest BCUT2D eigenvalue weighted by Gasteiger charge is -2.37. The maximum atomic E-state index is 13.6. The molecular formula is C12H16FN3S. The molecule has 17 heavy (non-hydrogen) atoms. The molecule has 0 aromatic heterocycles. The van der Waals surface area contributed by atoms with Crippen LogP contribution in [0.4, 0.5) is 10.1 Å². The van der Waals surface area contributed by atoms with E-state index in [-0.39, 0.29) is 5.82 Å². The number of rotatable bonds is 1. The van der Waals surface area contributed by atoms with E-state index in [1.807, 2.05) is 19.2 Å². The summed E-state index contributed by atoms with van der Waals surface area (Å²) in [7, 11) is 1.82. The molecule has 0 spiro atoms. The van der Waals surface area contributed by atoms with Crippen LogP contribution < -0.4 is 10.2 Å². The Kier molecular flexibility index (Phi) is 3.78. The van der Waals surface area contributed by atoms with Gasteiger partial charge in [-0.1, -0.05) is 12.1 Å². The maximum absolute atomic E-state index is 13.6. The highest BCUT2D eigenvalue weighted by atomic mass is 32.1. The molecule has 92 valence electrons. The molecule has 0 aliphatic carbocycles. The van der Waals surface area contributed by atoms with Crippen molar-refractivity contribution in [1.82, 2.24) is 10.2 Å². The molecule has 1 fully saturated rings. The smallest absolute Gasteiger partial charge is 0.168 e. The lowest BCUT2D eigenvalue weighted by atomic mass is 10.2. The van der Waals surface area contributed by atoms with Gasteiger partial charge < -0.3 is 15.1 Å². The van der Waals surface area contributed by atoms with E-state index in [0.717, 1.165) is 31.3 Å². The van der Waals surface area contributed by atoms with Crippen molar-refractivity contribution in [2.24, 2.45) is 0 Å². The fourth-order valence-electron chi connectivity index (χ4n) is 2.02. The first-order valence-electron chi connectivity index (χ1n) is 5.68. The summed E-state index contributed by atoms with van der Waals surface area (Å²) in [5, 5.41) is 3.73. The third-order valence-electron chi connectivity index (χ3n) is 2.97. The van der Waals surface area contributed by atoms with Crippen LogP contribution in [-0.2, 0) is 0 Å². The molecule has 3 nitrogen and oxygen atoms in total. The number of thiocarbonyl (C=S) groups is 1. The predicted molar refractivity (Wildman–Crippen MR) is 71.8 cm³/mol. The second kappa shape index (κ2) is 5.31. The first kappa shape index (κ1) is 12.1. The zero-order chi connectivity index (χ0) is 12.3. The Bertz CT molecular complexity index is 402. The van der Waals surface area contributed by atoms with Crippen molar-refractivity contribution in [1.29, 1.82) is 0 Å². The number of anilines is 1. The SMILES string of the molecule is CNC(=S)N1CCN(c2ccccc2F)CC1. The average Bonchev–Trinajstić information content (AvgIpc) is 2.39. The normalized spacial score (nSPS) is 15.9. The molecule has 0 radical (unpaired) electrons. The highest BCUT2D eigenvalue weighted by molar-refractivity contribution is 7.80. The molecule has 1 saturated heterocycles. The zero-order valence-electron chi connectivity index (χ0n) is 9.82. The summed E-state index contributed by atoms with van der Waals surface area (Å²) in [6.07, 6.45) is 0. The topological polar surface area (TPSA) is 18.5 Å². The number of nitrogens with zero attached hydrogens (tertiary/aromatic N) is 2. The van der Waals surface area contributed by atoms with Crippen LogP contribution in [0.3, 0.4) is 0 Å². The summed E-state index contributed by atoms with van der Waals surface area (Å²) < 4.78 is 13.6. The number of hydrogen-bond acceptors (Lipinski definition) is 2. The number of benzene rings is 1. The van der Waals surface area contributed by atoms with Crippen LogP contribution in [0.25, 0.3) is 0 Å². The molecule has 0 unspecified atom stereocenters. The van der Waals surface area contributed by atoms with Crippen LogP contribution in [0.2, 0.25) is 0 Å². The molecule has 0 saturated carbocycles. The molecule has 1 aliphatic heterocycles. The van der Waals surface area contributed by atoms with Crippen molar-refractivity contribution in [3.05, 3.63) is 30.1 Å². The Morgan fingerprint density at radius 1 is 1.24 bits per heavy atom. The van der Waals surface area contributed by atoms with Crippen LogP contribution in [-0.4, -0.2) is 43.2 Å². The van der Waals surface area contributed by atoms with E-state index in [9.17, 15) is 4.39 Å². The van der Waals surface area contributed by atoms with E-state index in [2.05, 4.69) is 15.1 Å². The highest BCUT2D eigenvalue weighted by Gasteiger charge is 2.19. The Morgan fingerprint density at radius 3 is 2.47 bits per heavy atom. The van der Waals surface area contributed by atoms with Gasteiger partial charge in [-0.15, -0.1) is 0 Å². The Balaban J connectivity index is 2.00. The average molecular weight is 253 g/mol. The molecule has 0 atom stereocenters. The van der Waals surface area contributed by atoms with Crippen LogP contribution in [0.15, 0.2) is 24.3 Å². The largest absolute Gasteiger partial charge is 0.366 e. The summed E-state index contributed by atoms with van der Waals surface area (Å²) >= 11 is 5.18. The van der Waals surface area contributed by atoms with Gasteiger partial charge >= 0.3 is 0 Å². The number of piperazine rings is 1. The molecule has 1 N–H and O–H groups in total. The summed E-state index contributed by atoms with van der Waals surface area (Å²) in [5.41, 5.74) is 0.683. The highest BCUT2D eigenvalue weighted by Crippen LogP contribution is 2.19. The lowest BCUT2D eigenvalue weighted by Crippen LogP contribution is -2.51. The first-order valence-corrected chi connectivity index (χ1v) is 6.09. The van der Waals surface area contributed by atoms with E-state index >= 15 is 0 Å². The Morgan fingerprint density at radius 2 is 1.88 bits per heavy atom. The molecule has 0 amide bonds. The molecule has 0 bridgehead atoms. The summed E-state index contributed by atoms with van der Waals surface area (Å²) in [6.45, 7) is 3.24. The zero-order valence-corrected chi connectivity index (χ0v) is 10.6. The van der Waals surface area contributed by atoms with Crippen LogP contribution >= 0.6 is 12.2 Å². The standard InChI is InChI=1S/C12H16FN3S/c1-14-12(17)16-8-6-15(7-9-16)11-5-3-2-4-10(11)13/h2-5H,6-9H2,1H3,(H,14,17). The Labute approximate surface area is 106 Å². The molecule has 2 rings (SSSR count). The lowest BCUT2D eigenvalue weighted by molar-refractivity contribution is 0.381. The van der Waals surface area contributed by atoms with Gasteiger partial charge in [-0.3, -0.25) is 0 Å². The van der Waals surface area contributed by atoms with Crippen LogP contribution in [0.1, 0.15) is 0 Å². The molecule has 1 aromatic rings. The third-order valence-corrected chi connectivity index (χ3v) is 3.44. The first-order chi connectivity index (χ1) is 8.22. The van der Waals surface area contributed by atoms with Crippen molar-refractivity contribution >= 4 is 23.0 Å². The van der Waals surface area contributed by atoms with Gasteiger partial charge in [0.25, 0.3) is 0 Å². The van der Waals surface area contributed by atoms with Crippen molar-refractivity contribution in [2.45, 2.75) is 0 Å². The molecule has 5 heteroatoms. The monoisotopic (exact) mass is 253 g/mol. The number of hydrogen-bond donors (Lipinski definition) is 1. The summed E-state index contributed by atoms with van der Waals surface area (Å²) in [5.74, 6) is -0.155. The number of para-hydroxylation sites is 1. The quantitative estimate of drug-likeness (QED) is 0.763. The summed E-state index contributed by atoms with van der Waals surface area (Å²) in [6, 6.07) is 6.90. The van der Waals surface area contributed by atoms with Gasteiger partial charge in [0.2, 0.25) is 0 Å². The van der Waals surface area contributed by atoms with Crippen molar-refractivity contribution in [3.8, 4) is 0 Å². The second-order valence-corrected chi connectivity index (χ2v) is 4.37. The minimum atomic E-state index is -0.155. The second-order valence-electron chi connectivity index (χ2n) is 3.98. The van der Waals surface area contributed by atoms with Gasteiger partial charge in [0, 0.05) is 33.2 Å². The van der Waals surface area contributed by atoms with Gasteiger partial charge in [-0.05, 0) is 24.4 Å². The van der Waals surface area contributed by atoms with Gasteiger partial charge in [-0.2, -0.15) is 0 Å². The Hall–Kier alpha value is -1.36. The van der Waals surface area contributed by atoms with Gasteiger partial charge in [0.05, 0.1) is 5.69 Å². The van der Waals surface area contributed by atoms with Crippen molar-refractivity contribution < 1.29 is 4.39 Å². The van der Waals surface area contributed by atoms with E-state index in [0.29, 0.717) is 5.69 Å². The van der Waals surface area contributed by atoms with Gasteiger partial charge in [0.15, 0.2) is 5.11 Å². The minimum Gasteiger partial charge on any atom is -0.366 e. The van der Waals surface area contributed by atoms with Gasteiger partial charge in [-0.25, -0.2) is 4.39 Å². The van der Waals surface area contributed by atoms with Crippen LogP contribution in [0.5, 0.6) is 0 Å². The fraction of sp³-hybridized carbons (Fsp3) is 0.417. The van der Waals surface area contributed by atoms with Crippen molar-refractivity contribution in [3.63, 3.8) is 0 Å². The number of halogens is 1. The summed E-state index contributed by atoms with van der Waals surface area (Å²) in [4.78, 5) is 4.16. The fourth-order valence-corrected chi connectivity index (χ4v) is 2.20. The van der Waals surface area contributed by atoms with E-state index in [1.165, 1.54) is 6.07 Å². The predicted octanol–water partition coefficient (Wildman–Crippen LogP) is 1.45. The van der Waals surface area contributed by atoms with E-state index in [1.54, 1.807) is 6.07 Å². The van der Waals surface area contributed by atoms with E-state index < -0.39 is 0 Å². The maximum Gasteiger partial charge on any atom is 0.168 e. The van der Waals surface area contributed by atoms with Gasteiger partial charge in [0.1, 0.15) is 5.82 Å². The van der Waals surface area contributed by atoms with Crippen LogP contribution in [0, 0.1) is 5.82 Å². The van der Waals surface area contributed by atoms with Crippen molar-refractivity contribution in [2.75, 3.05) is 38.1 Å². The minimum absolute atomic E-state index is 0.155. The molecule has 1 aliphatic rings. The molecule has 1 aromatic carbocycles. The number of nitrogens with one attached hydrogen (secondary N) is 1. The third kappa shape index (κ3) is 2.66. The molecule has 1 heterocycles. The molecular weight excluding hydrogens is 237 g/mol.